The maximum Gasteiger partial charge on any atom is 0.107 e. The minimum Gasteiger partial charge on any atom is -0.375 e. The summed E-state index contributed by atoms with van der Waals surface area (Å²) in [7, 11) is 2.02. The SMILES string of the molecule is CNC(Cc1ncc[nH]1)C1C(C)OC(C)C1C. The van der Waals surface area contributed by atoms with Crippen molar-refractivity contribution in [1.29, 1.82) is 0 Å². The lowest BCUT2D eigenvalue weighted by Gasteiger charge is -2.28. The average molecular weight is 237 g/mol. The molecule has 1 aliphatic rings. The first-order valence-corrected chi connectivity index (χ1v) is 6.44. The fraction of sp³-hybridized carbons (Fsp3) is 0.769. The van der Waals surface area contributed by atoms with Gasteiger partial charge in [-0.05, 0) is 26.8 Å². The predicted octanol–water partition coefficient (Wildman–Crippen LogP) is 1.60. The van der Waals surface area contributed by atoms with Crippen LogP contribution in [0.25, 0.3) is 0 Å². The van der Waals surface area contributed by atoms with Crippen molar-refractivity contribution < 1.29 is 4.74 Å². The van der Waals surface area contributed by atoms with Crippen LogP contribution in [0.3, 0.4) is 0 Å². The van der Waals surface area contributed by atoms with Crippen LogP contribution >= 0.6 is 0 Å². The smallest absolute Gasteiger partial charge is 0.107 e. The Kier molecular flexibility index (Phi) is 3.84. The van der Waals surface area contributed by atoms with E-state index in [1.54, 1.807) is 0 Å². The molecule has 0 amide bonds. The number of aromatic nitrogens is 2. The molecule has 5 unspecified atom stereocenters. The molecule has 0 radical (unpaired) electrons. The molecule has 0 spiro atoms. The molecular formula is C13H23N3O. The maximum absolute atomic E-state index is 5.92. The second-order valence-corrected chi connectivity index (χ2v) is 5.12. The van der Waals surface area contributed by atoms with Gasteiger partial charge in [0.25, 0.3) is 0 Å². The van der Waals surface area contributed by atoms with Crippen LogP contribution in [0.15, 0.2) is 12.4 Å². The number of nitrogens with one attached hydrogen (secondary N) is 2. The van der Waals surface area contributed by atoms with Gasteiger partial charge in [-0.1, -0.05) is 6.92 Å². The highest BCUT2D eigenvalue weighted by atomic mass is 16.5. The van der Waals surface area contributed by atoms with Gasteiger partial charge in [-0.3, -0.25) is 0 Å². The van der Waals surface area contributed by atoms with Gasteiger partial charge in [0.2, 0.25) is 0 Å². The van der Waals surface area contributed by atoms with Crippen molar-refractivity contribution in [2.24, 2.45) is 11.8 Å². The molecule has 0 saturated carbocycles. The maximum atomic E-state index is 5.92. The fourth-order valence-corrected chi connectivity index (χ4v) is 3.04. The fourth-order valence-electron chi connectivity index (χ4n) is 3.04. The van der Waals surface area contributed by atoms with Crippen molar-refractivity contribution in [3.63, 3.8) is 0 Å². The molecule has 2 heterocycles. The molecule has 1 aromatic heterocycles. The monoisotopic (exact) mass is 237 g/mol. The molecule has 5 atom stereocenters. The number of nitrogens with zero attached hydrogens (tertiary/aromatic N) is 1. The van der Waals surface area contributed by atoms with Gasteiger partial charge in [0, 0.05) is 30.8 Å². The highest BCUT2D eigenvalue weighted by molar-refractivity contribution is 4.98. The van der Waals surface area contributed by atoms with Crippen molar-refractivity contribution in [1.82, 2.24) is 15.3 Å². The Morgan fingerprint density at radius 2 is 2.18 bits per heavy atom. The third kappa shape index (κ3) is 2.53. The van der Waals surface area contributed by atoms with Crippen molar-refractivity contribution in [2.75, 3.05) is 7.05 Å². The topological polar surface area (TPSA) is 49.9 Å². The number of imidazole rings is 1. The largest absolute Gasteiger partial charge is 0.375 e. The first kappa shape index (κ1) is 12.6. The molecular weight excluding hydrogens is 214 g/mol. The lowest BCUT2D eigenvalue weighted by Crippen LogP contribution is -2.41. The molecule has 1 fully saturated rings. The zero-order chi connectivity index (χ0) is 12.4. The Morgan fingerprint density at radius 3 is 2.65 bits per heavy atom. The number of H-pyrrole nitrogens is 1. The minimum atomic E-state index is 0.312. The number of hydrogen-bond donors (Lipinski definition) is 2. The quantitative estimate of drug-likeness (QED) is 0.836. The van der Waals surface area contributed by atoms with E-state index in [0.29, 0.717) is 30.1 Å². The van der Waals surface area contributed by atoms with E-state index >= 15 is 0 Å². The summed E-state index contributed by atoms with van der Waals surface area (Å²) in [4.78, 5) is 7.48. The first-order valence-electron chi connectivity index (χ1n) is 6.44. The average Bonchev–Trinajstić information content (AvgIpc) is 2.87. The standard InChI is InChI=1S/C13H23N3O/c1-8-9(2)17-10(3)13(8)11(14-4)7-12-15-5-6-16-12/h5-6,8-11,13-14H,7H2,1-4H3,(H,15,16). The van der Waals surface area contributed by atoms with E-state index in [4.69, 9.17) is 4.74 Å². The summed E-state index contributed by atoms with van der Waals surface area (Å²) in [5.74, 6) is 2.17. The zero-order valence-electron chi connectivity index (χ0n) is 11.1. The van der Waals surface area contributed by atoms with Crippen LogP contribution < -0.4 is 5.32 Å². The molecule has 1 saturated heterocycles. The second kappa shape index (κ2) is 5.19. The molecule has 2 N–H and O–H groups in total. The second-order valence-electron chi connectivity index (χ2n) is 5.12. The van der Waals surface area contributed by atoms with E-state index < -0.39 is 0 Å². The van der Waals surface area contributed by atoms with E-state index in [9.17, 15) is 0 Å². The van der Waals surface area contributed by atoms with Crippen LogP contribution in [0.5, 0.6) is 0 Å². The summed E-state index contributed by atoms with van der Waals surface area (Å²) in [6, 6.07) is 0.413. The van der Waals surface area contributed by atoms with E-state index in [2.05, 4.69) is 36.1 Å². The summed E-state index contributed by atoms with van der Waals surface area (Å²) < 4.78 is 5.92. The molecule has 96 valence electrons. The van der Waals surface area contributed by atoms with Crippen LogP contribution in [-0.2, 0) is 11.2 Å². The van der Waals surface area contributed by atoms with Crippen LogP contribution in [-0.4, -0.2) is 35.3 Å². The predicted molar refractivity (Wildman–Crippen MR) is 67.8 cm³/mol. The molecule has 17 heavy (non-hydrogen) atoms. The van der Waals surface area contributed by atoms with Crippen LogP contribution in [0.4, 0.5) is 0 Å². The lowest BCUT2D eigenvalue weighted by atomic mass is 9.82. The van der Waals surface area contributed by atoms with Gasteiger partial charge in [-0.15, -0.1) is 0 Å². The molecule has 1 aliphatic heterocycles. The summed E-state index contributed by atoms with van der Waals surface area (Å²) in [6.45, 7) is 6.63. The van der Waals surface area contributed by atoms with Gasteiger partial charge in [0.05, 0.1) is 12.2 Å². The summed E-state index contributed by atoms with van der Waals surface area (Å²) in [6.07, 6.45) is 5.28. The Morgan fingerprint density at radius 1 is 1.41 bits per heavy atom. The Balaban J connectivity index is 2.07. The van der Waals surface area contributed by atoms with Gasteiger partial charge in [0.1, 0.15) is 5.82 Å². The highest BCUT2D eigenvalue weighted by Gasteiger charge is 2.41. The van der Waals surface area contributed by atoms with Gasteiger partial charge in [0.15, 0.2) is 0 Å². The summed E-state index contributed by atoms with van der Waals surface area (Å²) in [5.41, 5.74) is 0. The number of ether oxygens (including phenoxy) is 1. The zero-order valence-corrected chi connectivity index (χ0v) is 11.1. The molecule has 4 nitrogen and oxygen atoms in total. The third-order valence-corrected chi connectivity index (χ3v) is 4.12. The Labute approximate surface area is 103 Å². The van der Waals surface area contributed by atoms with Crippen molar-refractivity contribution >= 4 is 0 Å². The number of rotatable bonds is 4. The van der Waals surface area contributed by atoms with E-state index in [1.807, 2.05) is 19.4 Å². The molecule has 1 aromatic rings. The van der Waals surface area contributed by atoms with Crippen LogP contribution in [0.1, 0.15) is 26.6 Å². The van der Waals surface area contributed by atoms with E-state index in [-0.39, 0.29) is 0 Å². The van der Waals surface area contributed by atoms with Crippen LogP contribution in [0.2, 0.25) is 0 Å². The molecule has 0 aromatic carbocycles. The van der Waals surface area contributed by atoms with Crippen molar-refractivity contribution in [3.8, 4) is 0 Å². The van der Waals surface area contributed by atoms with E-state index in [1.165, 1.54) is 0 Å². The lowest BCUT2D eigenvalue weighted by molar-refractivity contribution is 0.0478. The molecule has 2 rings (SSSR count). The Bertz CT molecular complexity index is 338. The van der Waals surface area contributed by atoms with Gasteiger partial charge in [-0.2, -0.15) is 0 Å². The molecule has 0 aliphatic carbocycles. The van der Waals surface area contributed by atoms with Crippen LogP contribution in [0, 0.1) is 11.8 Å². The summed E-state index contributed by atoms with van der Waals surface area (Å²) >= 11 is 0. The Hall–Kier alpha value is -0.870. The first-order chi connectivity index (χ1) is 8.13. The van der Waals surface area contributed by atoms with Gasteiger partial charge in [-0.25, -0.2) is 4.98 Å². The minimum absolute atomic E-state index is 0.312. The molecule has 4 heteroatoms. The van der Waals surface area contributed by atoms with E-state index in [0.717, 1.165) is 12.2 Å². The normalized spacial score (nSPS) is 35.1. The number of aromatic amines is 1. The number of likely N-dealkylation sites (N-methyl/N-ethyl adjacent to an activating group) is 1. The molecule has 0 bridgehead atoms. The summed E-state index contributed by atoms with van der Waals surface area (Å²) in [5, 5.41) is 3.42. The van der Waals surface area contributed by atoms with Gasteiger partial charge >= 0.3 is 0 Å². The number of hydrogen-bond acceptors (Lipinski definition) is 3. The van der Waals surface area contributed by atoms with Crippen molar-refractivity contribution in [2.45, 2.75) is 45.4 Å². The van der Waals surface area contributed by atoms with Gasteiger partial charge < -0.3 is 15.0 Å². The highest BCUT2D eigenvalue weighted by Crippen LogP contribution is 2.35. The third-order valence-electron chi connectivity index (χ3n) is 4.12. The van der Waals surface area contributed by atoms with Crippen molar-refractivity contribution in [3.05, 3.63) is 18.2 Å².